The maximum absolute atomic E-state index is 10.9. The number of methoxy groups -OCH3 is 1. The Morgan fingerprint density at radius 2 is 1.80 bits per heavy atom. The third-order valence-electron chi connectivity index (χ3n) is 3.28. The monoisotopic (exact) mass is 270 g/mol. The van der Waals surface area contributed by atoms with Crippen molar-refractivity contribution in [3.05, 3.63) is 65.2 Å². The van der Waals surface area contributed by atoms with Gasteiger partial charge in [-0.05, 0) is 41.7 Å². The van der Waals surface area contributed by atoms with Crippen molar-refractivity contribution < 1.29 is 14.6 Å². The van der Waals surface area contributed by atoms with Gasteiger partial charge in [-0.25, -0.2) is 0 Å². The summed E-state index contributed by atoms with van der Waals surface area (Å²) in [5.41, 5.74) is 3.14. The normalized spacial score (nSPS) is 10.2. The molecule has 2 aromatic carbocycles. The SMILES string of the molecule is COc1ccc(CC(=O)O)c(CCc2ccccc2)c1. The molecule has 3 heteroatoms. The molecule has 0 aliphatic rings. The van der Waals surface area contributed by atoms with Gasteiger partial charge in [-0.1, -0.05) is 36.4 Å². The number of rotatable bonds is 6. The Balaban J connectivity index is 2.17. The van der Waals surface area contributed by atoms with Crippen molar-refractivity contribution in [1.82, 2.24) is 0 Å². The number of benzene rings is 2. The molecule has 3 nitrogen and oxygen atoms in total. The van der Waals surface area contributed by atoms with Crippen LogP contribution in [0.1, 0.15) is 16.7 Å². The van der Waals surface area contributed by atoms with Crippen molar-refractivity contribution in [2.75, 3.05) is 7.11 Å². The summed E-state index contributed by atoms with van der Waals surface area (Å²) in [4.78, 5) is 10.9. The molecule has 0 aliphatic carbocycles. The van der Waals surface area contributed by atoms with Gasteiger partial charge in [0.25, 0.3) is 0 Å². The second kappa shape index (κ2) is 6.75. The van der Waals surface area contributed by atoms with Gasteiger partial charge in [0, 0.05) is 0 Å². The molecule has 2 aromatic rings. The van der Waals surface area contributed by atoms with E-state index in [1.807, 2.05) is 36.4 Å². The third kappa shape index (κ3) is 3.85. The molecule has 0 aliphatic heterocycles. The number of aryl methyl sites for hydroxylation is 2. The summed E-state index contributed by atoms with van der Waals surface area (Å²) < 4.78 is 5.22. The molecule has 0 atom stereocenters. The van der Waals surface area contributed by atoms with E-state index in [1.165, 1.54) is 5.56 Å². The summed E-state index contributed by atoms with van der Waals surface area (Å²) in [5, 5.41) is 8.97. The summed E-state index contributed by atoms with van der Waals surface area (Å²) >= 11 is 0. The minimum atomic E-state index is -0.809. The number of carboxylic acids is 1. The molecule has 0 saturated heterocycles. The molecule has 104 valence electrons. The van der Waals surface area contributed by atoms with Gasteiger partial charge in [-0.2, -0.15) is 0 Å². The van der Waals surface area contributed by atoms with Crippen LogP contribution in [0.25, 0.3) is 0 Å². The molecule has 0 aromatic heterocycles. The fourth-order valence-corrected chi connectivity index (χ4v) is 2.22. The molecule has 2 rings (SSSR count). The highest BCUT2D eigenvalue weighted by Gasteiger charge is 2.08. The fraction of sp³-hybridized carbons (Fsp3) is 0.235. The lowest BCUT2D eigenvalue weighted by atomic mass is 9.97. The van der Waals surface area contributed by atoms with E-state index < -0.39 is 5.97 Å². The molecule has 0 bridgehead atoms. The predicted molar refractivity (Wildman–Crippen MR) is 78.2 cm³/mol. The van der Waals surface area contributed by atoms with E-state index in [0.717, 1.165) is 29.7 Å². The maximum atomic E-state index is 10.9. The smallest absolute Gasteiger partial charge is 0.307 e. The lowest BCUT2D eigenvalue weighted by molar-refractivity contribution is -0.136. The van der Waals surface area contributed by atoms with E-state index in [1.54, 1.807) is 7.11 Å². The van der Waals surface area contributed by atoms with E-state index in [0.29, 0.717) is 0 Å². The molecule has 0 amide bonds. The molecule has 0 unspecified atom stereocenters. The van der Waals surface area contributed by atoms with Crippen LogP contribution in [0.15, 0.2) is 48.5 Å². The molecule has 0 heterocycles. The van der Waals surface area contributed by atoms with Gasteiger partial charge in [0.05, 0.1) is 13.5 Å². The molecule has 0 saturated carbocycles. The Morgan fingerprint density at radius 1 is 1.05 bits per heavy atom. The topological polar surface area (TPSA) is 46.5 Å². The van der Waals surface area contributed by atoms with Crippen molar-refractivity contribution in [3.8, 4) is 5.75 Å². The zero-order valence-corrected chi connectivity index (χ0v) is 11.5. The van der Waals surface area contributed by atoms with Crippen LogP contribution in [0, 0.1) is 0 Å². The number of hydrogen-bond donors (Lipinski definition) is 1. The number of hydrogen-bond acceptors (Lipinski definition) is 2. The van der Waals surface area contributed by atoms with Crippen molar-refractivity contribution in [1.29, 1.82) is 0 Å². The molecular weight excluding hydrogens is 252 g/mol. The van der Waals surface area contributed by atoms with E-state index >= 15 is 0 Å². The highest BCUT2D eigenvalue weighted by molar-refractivity contribution is 5.71. The first kappa shape index (κ1) is 14.1. The van der Waals surface area contributed by atoms with Crippen LogP contribution < -0.4 is 4.74 Å². The fourth-order valence-electron chi connectivity index (χ4n) is 2.22. The largest absolute Gasteiger partial charge is 0.497 e. The summed E-state index contributed by atoms with van der Waals surface area (Å²) in [6, 6.07) is 15.8. The Labute approximate surface area is 118 Å². The van der Waals surface area contributed by atoms with Crippen molar-refractivity contribution in [2.45, 2.75) is 19.3 Å². The molecule has 1 N–H and O–H groups in total. The number of carboxylic acid groups (broad SMARTS) is 1. The summed E-state index contributed by atoms with van der Waals surface area (Å²) in [6.45, 7) is 0. The third-order valence-corrected chi connectivity index (χ3v) is 3.28. The lowest BCUT2D eigenvalue weighted by Gasteiger charge is -2.10. The Hall–Kier alpha value is -2.29. The summed E-state index contributed by atoms with van der Waals surface area (Å²) in [5.74, 6) is -0.0432. The zero-order chi connectivity index (χ0) is 14.4. The highest BCUT2D eigenvalue weighted by atomic mass is 16.5. The number of ether oxygens (including phenoxy) is 1. The van der Waals surface area contributed by atoms with Gasteiger partial charge in [0.2, 0.25) is 0 Å². The summed E-state index contributed by atoms with van der Waals surface area (Å²) in [6.07, 6.45) is 1.75. The van der Waals surface area contributed by atoms with E-state index in [2.05, 4.69) is 12.1 Å². The molecule has 0 spiro atoms. The van der Waals surface area contributed by atoms with Crippen LogP contribution in [-0.4, -0.2) is 18.2 Å². The highest BCUT2D eigenvalue weighted by Crippen LogP contribution is 2.20. The minimum absolute atomic E-state index is 0.0497. The van der Waals surface area contributed by atoms with Crippen LogP contribution in [0.4, 0.5) is 0 Å². The molecule has 20 heavy (non-hydrogen) atoms. The average molecular weight is 270 g/mol. The molecule has 0 fully saturated rings. The first-order valence-corrected chi connectivity index (χ1v) is 6.60. The van der Waals surface area contributed by atoms with Crippen LogP contribution in [0.5, 0.6) is 5.75 Å². The Bertz CT molecular complexity index is 576. The first-order chi connectivity index (χ1) is 9.69. The molecule has 0 radical (unpaired) electrons. The lowest BCUT2D eigenvalue weighted by Crippen LogP contribution is -2.05. The average Bonchev–Trinajstić information content (AvgIpc) is 2.47. The van der Waals surface area contributed by atoms with Crippen molar-refractivity contribution in [2.24, 2.45) is 0 Å². The van der Waals surface area contributed by atoms with Crippen LogP contribution in [-0.2, 0) is 24.1 Å². The van der Waals surface area contributed by atoms with E-state index in [4.69, 9.17) is 9.84 Å². The zero-order valence-electron chi connectivity index (χ0n) is 11.5. The maximum Gasteiger partial charge on any atom is 0.307 e. The van der Waals surface area contributed by atoms with Gasteiger partial charge in [-0.15, -0.1) is 0 Å². The van der Waals surface area contributed by atoms with Crippen molar-refractivity contribution in [3.63, 3.8) is 0 Å². The van der Waals surface area contributed by atoms with Gasteiger partial charge < -0.3 is 9.84 Å². The number of carbonyl (C=O) groups is 1. The second-order valence-corrected chi connectivity index (χ2v) is 4.69. The van der Waals surface area contributed by atoms with E-state index in [9.17, 15) is 4.79 Å². The van der Waals surface area contributed by atoms with Gasteiger partial charge in [0.15, 0.2) is 0 Å². The first-order valence-electron chi connectivity index (χ1n) is 6.60. The van der Waals surface area contributed by atoms with Crippen LogP contribution in [0.3, 0.4) is 0 Å². The van der Waals surface area contributed by atoms with Crippen LogP contribution >= 0.6 is 0 Å². The summed E-state index contributed by atoms with van der Waals surface area (Å²) in [7, 11) is 1.62. The van der Waals surface area contributed by atoms with Crippen molar-refractivity contribution >= 4 is 5.97 Å². The van der Waals surface area contributed by atoms with Gasteiger partial charge in [0.1, 0.15) is 5.75 Å². The van der Waals surface area contributed by atoms with E-state index in [-0.39, 0.29) is 6.42 Å². The second-order valence-electron chi connectivity index (χ2n) is 4.69. The molecular formula is C17H18O3. The van der Waals surface area contributed by atoms with Crippen LogP contribution in [0.2, 0.25) is 0 Å². The number of aliphatic carboxylic acids is 1. The van der Waals surface area contributed by atoms with Gasteiger partial charge >= 0.3 is 5.97 Å². The standard InChI is InChI=1S/C17H18O3/c1-20-16-10-9-15(12-17(18)19)14(11-16)8-7-13-5-3-2-4-6-13/h2-6,9-11H,7-8,12H2,1H3,(H,18,19). The Kier molecular flexibility index (Phi) is 4.77. The Morgan fingerprint density at radius 3 is 2.45 bits per heavy atom. The minimum Gasteiger partial charge on any atom is -0.497 e. The van der Waals surface area contributed by atoms with Gasteiger partial charge in [-0.3, -0.25) is 4.79 Å². The quantitative estimate of drug-likeness (QED) is 0.877. The predicted octanol–water partition coefficient (Wildman–Crippen LogP) is 3.11.